The fourth-order valence-electron chi connectivity index (χ4n) is 2.64. The molecule has 3 N–H and O–H groups in total. The normalized spacial score (nSPS) is 12.5. The van der Waals surface area contributed by atoms with Crippen LogP contribution in [-0.4, -0.2) is 21.6 Å². The van der Waals surface area contributed by atoms with Gasteiger partial charge in [-0.3, -0.25) is 0 Å². The second kappa shape index (κ2) is 8.26. The minimum absolute atomic E-state index is 0.131. The van der Waals surface area contributed by atoms with Crippen LogP contribution in [0.3, 0.4) is 0 Å². The van der Waals surface area contributed by atoms with E-state index in [-0.39, 0.29) is 12.1 Å². The molecule has 0 saturated heterocycles. The molecule has 146 valence electrons. The quantitative estimate of drug-likeness (QED) is 0.571. The van der Waals surface area contributed by atoms with E-state index in [2.05, 4.69) is 20.6 Å². The summed E-state index contributed by atoms with van der Waals surface area (Å²) in [5, 5.41) is 16.1. The topological polar surface area (TPSA) is 70.1 Å². The standard InChI is InChI=1S/C20H19F3N4O/c1-13-6-8-14(9-7-13)26-19-24-11-10-18(27-19)25-12-17(28)15-4-2-3-5-16(15)20(21,22)23/h2-11,17,28H,12H2,1H3,(H2,24,25,26,27). The maximum atomic E-state index is 13.1. The van der Waals surface area contributed by atoms with Gasteiger partial charge in [0, 0.05) is 18.4 Å². The largest absolute Gasteiger partial charge is 0.416 e. The van der Waals surface area contributed by atoms with Crippen molar-refractivity contribution in [3.05, 3.63) is 77.5 Å². The zero-order valence-electron chi connectivity index (χ0n) is 15.0. The van der Waals surface area contributed by atoms with Crippen LogP contribution in [0.1, 0.15) is 22.8 Å². The van der Waals surface area contributed by atoms with Gasteiger partial charge in [0.1, 0.15) is 5.82 Å². The maximum absolute atomic E-state index is 13.1. The number of rotatable bonds is 6. The maximum Gasteiger partial charge on any atom is 0.416 e. The van der Waals surface area contributed by atoms with Crippen LogP contribution in [-0.2, 0) is 6.18 Å². The Hall–Kier alpha value is -3.13. The minimum atomic E-state index is -4.53. The highest BCUT2D eigenvalue weighted by molar-refractivity contribution is 5.55. The van der Waals surface area contributed by atoms with Crippen molar-refractivity contribution in [2.75, 3.05) is 17.2 Å². The van der Waals surface area contributed by atoms with Crippen LogP contribution < -0.4 is 10.6 Å². The molecule has 1 unspecified atom stereocenters. The number of aromatic nitrogens is 2. The monoisotopic (exact) mass is 388 g/mol. The minimum Gasteiger partial charge on any atom is -0.387 e. The van der Waals surface area contributed by atoms with Gasteiger partial charge < -0.3 is 15.7 Å². The summed E-state index contributed by atoms with van der Waals surface area (Å²) >= 11 is 0. The number of aryl methyl sites for hydroxylation is 1. The molecule has 0 radical (unpaired) electrons. The molecule has 1 heterocycles. The summed E-state index contributed by atoms with van der Waals surface area (Å²) in [4.78, 5) is 8.38. The van der Waals surface area contributed by atoms with E-state index in [1.165, 1.54) is 24.4 Å². The SMILES string of the molecule is Cc1ccc(Nc2nccc(NCC(O)c3ccccc3C(F)(F)F)n2)cc1. The molecule has 3 rings (SSSR count). The molecule has 5 nitrogen and oxygen atoms in total. The molecule has 0 bridgehead atoms. The molecule has 2 aromatic carbocycles. The van der Waals surface area contributed by atoms with E-state index in [4.69, 9.17) is 0 Å². The first-order chi connectivity index (χ1) is 13.3. The summed E-state index contributed by atoms with van der Waals surface area (Å²) in [5.74, 6) is 0.715. The molecular formula is C20H19F3N4O. The summed E-state index contributed by atoms with van der Waals surface area (Å²) in [6, 6.07) is 14.2. The molecule has 8 heteroatoms. The summed E-state index contributed by atoms with van der Waals surface area (Å²) in [7, 11) is 0. The molecule has 1 atom stereocenters. The second-order valence-electron chi connectivity index (χ2n) is 6.24. The number of halogens is 3. The Morgan fingerprint density at radius 3 is 2.46 bits per heavy atom. The third-order valence-electron chi connectivity index (χ3n) is 4.07. The van der Waals surface area contributed by atoms with Crippen molar-refractivity contribution in [2.45, 2.75) is 19.2 Å². The van der Waals surface area contributed by atoms with Gasteiger partial charge in [0.2, 0.25) is 5.95 Å². The van der Waals surface area contributed by atoms with Crippen LogP contribution in [0, 0.1) is 6.92 Å². The fraction of sp³-hybridized carbons (Fsp3) is 0.200. The van der Waals surface area contributed by atoms with Gasteiger partial charge in [-0.25, -0.2) is 4.98 Å². The summed E-state index contributed by atoms with van der Waals surface area (Å²) < 4.78 is 39.3. The average Bonchev–Trinajstić information content (AvgIpc) is 2.67. The fourth-order valence-corrected chi connectivity index (χ4v) is 2.64. The van der Waals surface area contributed by atoms with Gasteiger partial charge in [-0.05, 0) is 36.8 Å². The number of hydrogen-bond acceptors (Lipinski definition) is 5. The second-order valence-corrected chi connectivity index (χ2v) is 6.24. The number of nitrogens with zero attached hydrogens (tertiary/aromatic N) is 2. The van der Waals surface area contributed by atoms with Gasteiger partial charge in [-0.1, -0.05) is 35.9 Å². The number of alkyl halides is 3. The number of aliphatic hydroxyl groups is 1. The Balaban J connectivity index is 1.67. The highest BCUT2D eigenvalue weighted by atomic mass is 19.4. The Bertz CT molecular complexity index is 929. The van der Waals surface area contributed by atoms with E-state index in [0.717, 1.165) is 17.3 Å². The first kappa shape index (κ1) is 19.6. The molecular weight excluding hydrogens is 369 g/mol. The van der Waals surface area contributed by atoms with E-state index in [0.29, 0.717) is 11.8 Å². The van der Waals surface area contributed by atoms with Gasteiger partial charge in [-0.15, -0.1) is 0 Å². The Morgan fingerprint density at radius 2 is 1.75 bits per heavy atom. The number of aliphatic hydroxyl groups excluding tert-OH is 1. The summed E-state index contributed by atoms with van der Waals surface area (Å²) in [5.41, 5.74) is 0.889. The summed E-state index contributed by atoms with van der Waals surface area (Å²) in [6.07, 6.45) is -4.36. The van der Waals surface area contributed by atoms with E-state index in [1.807, 2.05) is 31.2 Å². The van der Waals surface area contributed by atoms with Crippen LogP contribution >= 0.6 is 0 Å². The lowest BCUT2D eigenvalue weighted by atomic mass is 10.0. The summed E-state index contributed by atoms with van der Waals surface area (Å²) in [6.45, 7) is 1.85. The molecule has 28 heavy (non-hydrogen) atoms. The third kappa shape index (κ3) is 4.98. The van der Waals surface area contributed by atoms with Gasteiger partial charge in [0.15, 0.2) is 0 Å². The Kier molecular flexibility index (Phi) is 5.79. The molecule has 0 amide bonds. The Labute approximate surface area is 160 Å². The lowest BCUT2D eigenvalue weighted by molar-refractivity contribution is -0.139. The lowest BCUT2D eigenvalue weighted by Gasteiger charge is -2.18. The van der Waals surface area contributed by atoms with Crippen LogP contribution in [0.4, 0.5) is 30.6 Å². The molecule has 1 aromatic heterocycles. The van der Waals surface area contributed by atoms with Crippen molar-refractivity contribution in [3.63, 3.8) is 0 Å². The van der Waals surface area contributed by atoms with Crippen LogP contribution in [0.2, 0.25) is 0 Å². The van der Waals surface area contributed by atoms with Gasteiger partial charge in [-0.2, -0.15) is 18.2 Å². The van der Waals surface area contributed by atoms with Crippen LogP contribution in [0.5, 0.6) is 0 Å². The lowest BCUT2D eigenvalue weighted by Crippen LogP contribution is -2.18. The number of benzene rings is 2. The predicted octanol–water partition coefficient (Wildman–Crippen LogP) is 4.69. The van der Waals surface area contributed by atoms with Crippen LogP contribution in [0.25, 0.3) is 0 Å². The van der Waals surface area contributed by atoms with Crippen molar-refractivity contribution in [1.82, 2.24) is 9.97 Å². The zero-order chi connectivity index (χ0) is 20.1. The average molecular weight is 388 g/mol. The predicted molar refractivity (Wildman–Crippen MR) is 101 cm³/mol. The highest BCUT2D eigenvalue weighted by Gasteiger charge is 2.34. The smallest absolute Gasteiger partial charge is 0.387 e. The zero-order valence-corrected chi connectivity index (χ0v) is 15.0. The van der Waals surface area contributed by atoms with Gasteiger partial charge >= 0.3 is 6.18 Å². The molecule has 3 aromatic rings. The van der Waals surface area contributed by atoms with Crippen molar-refractivity contribution in [1.29, 1.82) is 0 Å². The van der Waals surface area contributed by atoms with Gasteiger partial charge in [0.25, 0.3) is 0 Å². The number of anilines is 3. The first-order valence-electron chi connectivity index (χ1n) is 8.58. The van der Waals surface area contributed by atoms with Crippen molar-refractivity contribution >= 4 is 17.5 Å². The molecule has 0 aliphatic rings. The molecule has 0 saturated carbocycles. The first-order valence-corrected chi connectivity index (χ1v) is 8.58. The van der Waals surface area contributed by atoms with E-state index in [1.54, 1.807) is 6.07 Å². The van der Waals surface area contributed by atoms with Gasteiger partial charge in [0.05, 0.1) is 11.7 Å². The molecule has 0 aliphatic carbocycles. The third-order valence-corrected chi connectivity index (χ3v) is 4.07. The molecule has 0 fully saturated rings. The number of nitrogens with one attached hydrogen (secondary N) is 2. The van der Waals surface area contributed by atoms with Crippen molar-refractivity contribution in [2.24, 2.45) is 0 Å². The molecule has 0 spiro atoms. The van der Waals surface area contributed by atoms with Crippen molar-refractivity contribution < 1.29 is 18.3 Å². The van der Waals surface area contributed by atoms with E-state index in [9.17, 15) is 18.3 Å². The Morgan fingerprint density at radius 1 is 1.04 bits per heavy atom. The molecule has 0 aliphatic heterocycles. The number of hydrogen-bond donors (Lipinski definition) is 3. The van der Waals surface area contributed by atoms with Crippen molar-refractivity contribution in [3.8, 4) is 0 Å². The van der Waals surface area contributed by atoms with E-state index < -0.39 is 17.8 Å². The van der Waals surface area contributed by atoms with E-state index >= 15 is 0 Å². The van der Waals surface area contributed by atoms with Crippen LogP contribution in [0.15, 0.2) is 60.8 Å². The highest BCUT2D eigenvalue weighted by Crippen LogP contribution is 2.34.